The number of carbonyl (C=O) groups excluding carboxylic acids is 1. The van der Waals surface area contributed by atoms with E-state index in [0.29, 0.717) is 37.0 Å². The fraction of sp³-hybridized carbons (Fsp3) is 0.632. The van der Waals surface area contributed by atoms with Crippen LogP contribution in [0.3, 0.4) is 0 Å². The summed E-state index contributed by atoms with van der Waals surface area (Å²) in [6, 6.07) is 6.58. The highest BCUT2D eigenvalue weighted by Gasteiger charge is 2.40. The van der Waals surface area contributed by atoms with Gasteiger partial charge in [0, 0.05) is 25.2 Å². The fourth-order valence-corrected chi connectivity index (χ4v) is 6.03. The Morgan fingerprint density at radius 3 is 2.56 bits per heavy atom. The minimum absolute atomic E-state index is 0.00469. The van der Waals surface area contributed by atoms with E-state index >= 15 is 0 Å². The van der Waals surface area contributed by atoms with Crippen LogP contribution in [0.25, 0.3) is 0 Å². The van der Waals surface area contributed by atoms with E-state index in [9.17, 15) is 13.2 Å². The summed E-state index contributed by atoms with van der Waals surface area (Å²) in [5.41, 5.74) is 0.557. The highest BCUT2D eigenvalue weighted by atomic mass is 32.2. The average molecular weight is 365 g/mol. The van der Waals surface area contributed by atoms with E-state index in [2.05, 4.69) is 5.32 Å². The summed E-state index contributed by atoms with van der Waals surface area (Å²) in [6.45, 7) is 4.50. The van der Waals surface area contributed by atoms with Crippen molar-refractivity contribution in [3.63, 3.8) is 0 Å². The first-order chi connectivity index (χ1) is 11.9. The van der Waals surface area contributed by atoms with Crippen LogP contribution in [0.15, 0.2) is 29.2 Å². The van der Waals surface area contributed by atoms with Gasteiger partial charge in [0.2, 0.25) is 15.9 Å². The zero-order chi connectivity index (χ0) is 18.0. The summed E-state index contributed by atoms with van der Waals surface area (Å²) in [5.74, 6) is 2.03. The number of benzene rings is 1. The number of amides is 1. The molecule has 0 unspecified atom stereocenters. The van der Waals surface area contributed by atoms with Crippen molar-refractivity contribution in [1.29, 1.82) is 0 Å². The first kappa shape index (κ1) is 18.4. The first-order valence-corrected chi connectivity index (χ1v) is 10.8. The zero-order valence-electron chi connectivity index (χ0n) is 15.1. The molecule has 0 radical (unpaired) electrons. The maximum Gasteiger partial charge on any atom is 0.243 e. The Kier molecular flexibility index (Phi) is 5.49. The molecule has 2 saturated carbocycles. The summed E-state index contributed by atoms with van der Waals surface area (Å²) in [7, 11) is -3.51. The summed E-state index contributed by atoms with van der Waals surface area (Å²) < 4.78 is 26.6. The van der Waals surface area contributed by atoms with Crippen molar-refractivity contribution in [2.45, 2.75) is 50.8 Å². The van der Waals surface area contributed by atoms with Crippen molar-refractivity contribution in [3.8, 4) is 0 Å². The molecule has 25 heavy (non-hydrogen) atoms. The number of rotatable bonds is 7. The molecule has 0 heterocycles. The molecular weight excluding hydrogens is 336 g/mol. The lowest BCUT2D eigenvalue weighted by Crippen LogP contribution is -2.30. The van der Waals surface area contributed by atoms with Gasteiger partial charge < -0.3 is 5.32 Å². The van der Waals surface area contributed by atoms with Crippen molar-refractivity contribution in [1.82, 2.24) is 4.31 Å². The molecule has 5 nitrogen and oxygen atoms in total. The SMILES string of the molecule is CCN(CC)S(=O)(=O)c1cccc(NC(=O)C[C@H]2C[C@@H]3CC[C@@H]2C3)c1. The van der Waals surface area contributed by atoms with Gasteiger partial charge in [-0.05, 0) is 55.2 Å². The second-order valence-electron chi connectivity index (χ2n) is 7.30. The number of carbonyl (C=O) groups is 1. The Balaban J connectivity index is 1.66. The van der Waals surface area contributed by atoms with Crippen molar-refractivity contribution >= 4 is 21.6 Å². The molecule has 1 N–H and O–H groups in total. The Morgan fingerprint density at radius 1 is 1.20 bits per heavy atom. The molecule has 2 fully saturated rings. The van der Waals surface area contributed by atoms with E-state index in [-0.39, 0.29) is 10.8 Å². The number of hydrogen-bond donors (Lipinski definition) is 1. The minimum atomic E-state index is -3.51. The summed E-state index contributed by atoms with van der Waals surface area (Å²) in [5, 5.41) is 2.89. The van der Waals surface area contributed by atoms with E-state index in [1.165, 1.54) is 30.0 Å². The van der Waals surface area contributed by atoms with Crippen molar-refractivity contribution in [3.05, 3.63) is 24.3 Å². The van der Waals surface area contributed by atoms with Gasteiger partial charge in [-0.3, -0.25) is 4.79 Å². The molecule has 0 saturated heterocycles. The second-order valence-corrected chi connectivity index (χ2v) is 9.24. The fourth-order valence-electron chi connectivity index (χ4n) is 4.52. The number of sulfonamides is 1. The number of nitrogens with one attached hydrogen (secondary N) is 1. The van der Waals surface area contributed by atoms with Crippen molar-refractivity contribution in [2.24, 2.45) is 17.8 Å². The van der Waals surface area contributed by atoms with Crippen LogP contribution in [0.4, 0.5) is 5.69 Å². The zero-order valence-corrected chi connectivity index (χ0v) is 15.9. The highest BCUT2D eigenvalue weighted by molar-refractivity contribution is 7.89. The number of fused-ring (bicyclic) bond motifs is 2. The molecule has 2 aliphatic carbocycles. The lowest BCUT2D eigenvalue weighted by molar-refractivity contribution is -0.117. The molecule has 0 aromatic heterocycles. The van der Waals surface area contributed by atoms with Crippen LogP contribution >= 0.6 is 0 Å². The minimum Gasteiger partial charge on any atom is -0.326 e. The lowest BCUT2D eigenvalue weighted by Gasteiger charge is -2.21. The Labute approximate surface area is 150 Å². The quantitative estimate of drug-likeness (QED) is 0.805. The molecule has 3 atom stereocenters. The van der Waals surface area contributed by atoms with Gasteiger partial charge in [-0.25, -0.2) is 8.42 Å². The second kappa shape index (κ2) is 7.46. The molecule has 1 aromatic carbocycles. The molecular formula is C19H28N2O3S. The van der Waals surface area contributed by atoms with Crippen LogP contribution in [0.2, 0.25) is 0 Å². The molecule has 1 amide bonds. The van der Waals surface area contributed by atoms with E-state index in [0.717, 1.165) is 5.92 Å². The summed E-state index contributed by atoms with van der Waals surface area (Å²) >= 11 is 0. The first-order valence-electron chi connectivity index (χ1n) is 9.34. The van der Waals surface area contributed by atoms with Crippen LogP contribution in [0, 0.1) is 17.8 Å². The topological polar surface area (TPSA) is 66.5 Å². The van der Waals surface area contributed by atoms with Gasteiger partial charge in [0.1, 0.15) is 0 Å². The van der Waals surface area contributed by atoms with Crippen LogP contribution in [0.1, 0.15) is 46.0 Å². The smallest absolute Gasteiger partial charge is 0.243 e. The maximum absolute atomic E-state index is 12.6. The number of anilines is 1. The summed E-state index contributed by atoms with van der Waals surface area (Å²) in [4.78, 5) is 12.6. The molecule has 1 aromatic rings. The predicted octanol–water partition coefficient (Wildman–Crippen LogP) is 3.48. The molecule has 3 rings (SSSR count). The van der Waals surface area contributed by atoms with E-state index in [1.54, 1.807) is 24.3 Å². The molecule has 2 bridgehead atoms. The third kappa shape index (κ3) is 3.90. The maximum atomic E-state index is 12.6. The summed E-state index contributed by atoms with van der Waals surface area (Å²) in [6.07, 6.45) is 5.60. The Morgan fingerprint density at radius 2 is 1.96 bits per heavy atom. The normalized spacial score (nSPS) is 25.5. The van der Waals surface area contributed by atoms with Crippen LogP contribution in [-0.4, -0.2) is 31.7 Å². The lowest BCUT2D eigenvalue weighted by atomic mass is 9.86. The van der Waals surface area contributed by atoms with Gasteiger partial charge >= 0.3 is 0 Å². The third-order valence-electron chi connectivity index (χ3n) is 5.79. The van der Waals surface area contributed by atoms with Gasteiger partial charge in [-0.15, -0.1) is 0 Å². The highest BCUT2D eigenvalue weighted by Crippen LogP contribution is 2.49. The predicted molar refractivity (Wildman–Crippen MR) is 98.7 cm³/mol. The van der Waals surface area contributed by atoms with Crippen molar-refractivity contribution < 1.29 is 13.2 Å². The van der Waals surface area contributed by atoms with Gasteiger partial charge in [0.05, 0.1) is 4.90 Å². The molecule has 2 aliphatic rings. The molecule has 0 aliphatic heterocycles. The standard InChI is InChI=1S/C19H28N2O3S/c1-3-21(4-2)25(23,24)18-7-5-6-17(13-18)20-19(22)12-16-11-14-8-9-15(16)10-14/h5-7,13-16H,3-4,8-12H2,1-2H3,(H,20,22)/t14-,15-,16-/m1/s1. The monoisotopic (exact) mass is 364 g/mol. The van der Waals surface area contributed by atoms with Crippen LogP contribution in [0.5, 0.6) is 0 Å². The van der Waals surface area contributed by atoms with Crippen LogP contribution in [-0.2, 0) is 14.8 Å². The van der Waals surface area contributed by atoms with Gasteiger partial charge in [0.25, 0.3) is 0 Å². The van der Waals surface area contributed by atoms with Crippen LogP contribution < -0.4 is 5.32 Å². The van der Waals surface area contributed by atoms with Gasteiger partial charge in [0.15, 0.2) is 0 Å². The largest absolute Gasteiger partial charge is 0.326 e. The Hall–Kier alpha value is -1.40. The average Bonchev–Trinajstić information content (AvgIpc) is 3.18. The Bertz CT molecular complexity index is 728. The van der Waals surface area contributed by atoms with Gasteiger partial charge in [-0.1, -0.05) is 26.3 Å². The molecule has 138 valence electrons. The van der Waals surface area contributed by atoms with E-state index < -0.39 is 10.0 Å². The number of hydrogen-bond acceptors (Lipinski definition) is 3. The van der Waals surface area contributed by atoms with Gasteiger partial charge in [-0.2, -0.15) is 4.31 Å². The molecule has 6 heteroatoms. The number of nitrogens with zero attached hydrogens (tertiary/aromatic N) is 1. The van der Waals surface area contributed by atoms with E-state index in [1.807, 2.05) is 13.8 Å². The third-order valence-corrected chi connectivity index (χ3v) is 7.84. The van der Waals surface area contributed by atoms with Crippen molar-refractivity contribution in [2.75, 3.05) is 18.4 Å². The molecule has 0 spiro atoms. The van der Waals surface area contributed by atoms with E-state index in [4.69, 9.17) is 0 Å².